The summed E-state index contributed by atoms with van der Waals surface area (Å²) in [4.78, 5) is 7.36. The Hall–Kier alpha value is -6.19. The number of fused-ring (bicyclic) bond motifs is 3. The molecule has 0 aliphatic heterocycles. The lowest BCUT2D eigenvalue weighted by Crippen LogP contribution is -2.10. The fourth-order valence-electron chi connectivity index (χ4n) is 6.68. The van der Waals surface area contributed by atoms with Gasteiger partial charge in [-0.3, -0.25) is 0 Å². The molecule has 0 saturated heterocycles. The summed E-state index contributed by atoms with van der Waals surface area (Å²) in [6, 6.07) is 59.8. The average Bonchev–Trinajstić information content (AvgIpc) is 3.70. The number of benzene rings is 7. The predicted octanol–water partition coefficient (Wildman–Crippen LogP) is 11.9. The SMILES string of the molecule is c1ccc(-c2ccc(N(c3cccc(-c4ccccc4)c3)c3ccc4c5c(cccc35)-c3nc(-c5ccccc5)oc3-4)cc2)cc1. The van der Waals surface area contributed by atoms with E-state index >= 15 is 0 Å². The summed E-state index contributed by atoms with van der Waals surface area (Å²) in [6.07, 6.45) is 0. The number of aromatic nitrogens is 1. The zero-order chi connectivity index (χ0) is 30.5. The van der Waals surface area contributed by atoms with E-state index < -0.39 is 0 Å². The summed E-state index contributed by atoms with van der Waals surface area (Å²) < 4.78 is 6.45. The maximum Gasteiger partial charge on any atom is 0.227 e. The van der Waals surface area contributed by atoms with E-state index in [1.54, 1.807) is 0 Å². The van der Waals surface area contributed by atoms with E-state index in [0.29, 0.717) is 5.89 Å². The second kappa shape index (κ2) is 10.8. The molecule has 0 amide bonds. The van der Waals surface area contributed by atoms with Gasteiger partial charge in [-0.25, -0.2) is 4.98 Å². The standard InChI is InChI=1S/C43H28N2O/c1-4-12-29(13-5-1)31-22-24-34(25-23-31)45(35-19-10-18-33(28-35)30-14-6-2-7-15-30)39-27-26-38-40-36(39)20-11-21-37(40)41-42(38)46-43(44-41)32-16-8-3-9-17-32/h1-28H. The molecule has 216 valence electrons. The van der Waals surface area contributed by atoms with Crippen LogP contribution in [0.3, 0.4) is 0 Å². The molecule has 9 rings (SSSR count). The lowest BCUT2D eigenvalue weighted by Gasteiger charge is -2.28. The molecule has 0 N–H and O–H groups in total. The third-order valence-electron chi connectivity index (χ3n) is 8.85. The van der Waals surface area contributed by atoms with Crippen LogP contribution in [0.4, 0.5) is 17.1 Å². The van der Waals surface area contributed by atoms with Crippen molar-refractivity contribution in [1.29, 1.82) is 0 Å². The number of hydrogen-bond acceptors (Lipinski definition) is 3. The Kier molecular flexibility index (Phi) is 6.14. The highest BCUT2D eigenvalue weighted by molar-refractivity contribution is 6.17. The molecule has 1 aliphatic carbocycles. The van der Waals surface area contributed by atoms with Crippen LogP contribution in [-0.2, 0) is 0 Å². The van der Waals surface area contributed by atoms with Crippen molar-refractivity contribution in [2.75, 3.05) is 4.90 Å². The zero-order valence-electron chi connectivity index (χ0n) is 25.0. The van der Waals surface area contributed by atoms with Gasteiger partial charge < -0.3 is 9.32 Å². The summed E-state index contributed by atoms with van der Waals surface area (Å²) in [6.45, 7) is 0. The highest BCUT2D eigenvalue weighted by Gasteiger charge is 2.30. The molecule has 1 aliphatic rings. The van der Waals surface area contributed by atoms with Crippen molar-refractivity contribution in [3.05, 3.63) is 170 Å². The van der Waals surface area contributed by atoms with Gasteiger partial charge in [-0.2, -0.15) is 0 Å². The molecule has 1 aromatic heterocycles. The molecule has 0 unspecified atom stereocenters. The summed E-state index contributed by atoms with van der Waals surface area (Å²) in [5.41, 5.74) is 12.1. The minimum atomic E-state index is 0.648. The molecule has 8 aromatic rings. The Labute approximate surface area is 267 Å². The van der Waals surface area contributed by atoms with E-state index in [1.165, 1.54) is 27.6 Å². The van der Waals surface area contributed by atoms with Gasteiger partial charge in [-0.1, -0.05) is 121 Å². The van der Waals surface area contributed by atoms with Crippen molar-refractivity contribution >= 4 is 27.8 Å². The van der Waals surface area contributed by atoms with Crippen molar-refractivity contribution in [3.8, 4) is 56.3 Å². The topological polar surface area (TPSA) is 29.3 Å². The largest absolute Gasteiger partial charge is 0.435 e. The lowest BCUT2D eigenvalue weighted by atomic mass is 9.99. The average molecular weight is 589 g/mol. The third kappa shape index (κ3) is 4.33. The van der Waals surface area contributed by atoms with E-state index in [9.17, 15) is 0 Å². The monoisotopic (exact) mass is 588 g/mol. The molecule has 0 bridgehead atoms. The van der Waals surface area contributed by atoms with Crippen LogP contribution < -0.4 is 4.90 Å². The molecule has 7 aromatic carbocycles. The van der Waals surface area contributed by atoms with Crippen molar-refractivity contribution in [2.45, 2.75) is 0 Å². The van der Waals surface area contributed by atoms with Crippen molar-refractivity contribution < 1.29 is 4.42 Å². The number of hydrogen-bond donors (Lipinski definition) is 0. The lowest BCUT2D eigenvalue weighted by molar-refractivity contribution is 0.590. The van der Waals surface area contributed by atoms with Crippen LogP contribution in [0.25, 0.3) is 67.1 Å². The molecule has 0 atom stereocenters. The first kappa shape index (κ1) is 26.2. The van der Waals surface area contributed by atoms with Crippen molar-refractivity contribution in [1.82, 2.24) is 4.98 Å². The molecular weight excluding hydrogens is 560 g/mol. The Morgan fingerprint density at radius 3 is 1.76 bits per heavy atom. The van der Waals surface area contributed by atoms with Gasteiger partial charge in [0.1, 0.15) is 5.69 Å². The zero-order valence-corrected chi connectivity index (χ0v) is 25.0. The molecule has 3 nitrogen and oxygen atoms in total. The molecular formula is C43H28N2O. The van der Waals surface area contributed by atoms with Gasteiger partial charge in [0, 0.05) is 38.8 Å². The molecule has 46 heavy (non-hydrogen) atoms. The maximum atomic E-state index is 6.45. The van der Waals surface area contributed by atoms with Crippen LogP contribution >= 0.6 is 0 Å². The van der Waals surface area contributed by atoms with Gasteiger partial charge in [0.15, 0.2) is 5.76 Å². The van der Waals surface area contributed by atoms with Gasteiger partial charge in [-0.05, 0) is 70.8 Å². The van der Waals surface area contributed by atoms with Crippen LogP contribution in [0.2, 0.25) is 0 Å². The fraction of sp³-hybridized carbons (Fsp3) is 0. The third-order valence-corrected chi connectivity index (χ3v) is 8.85. The maximum absolute atomic E-state index is 6.45. The Bertz CT molecular complexity index is 2310. The van der Waals surface area contributed by atoms with E-state index in [4.69, 9.17) is 9.40 Å². The number of anilines is 3. The van der Waals surface area contributed by atoms with Crippen LogP contribution in [0, 0.1) is 0 Å². The molecule has 0 fully saturated rings. The molecule has 0 radical (unpaired) electrons. The van der Waals surface area contributed by atoms with Gasteiger partial charge in [-0.15, -0.1) is 0 Å². The van der Waals surface area contributed by atoms with Gasteiger partial charge in [0.25, 0.3) is 0 Å². The van der Waals surface area contributed by atoms with Crippen molar-refractivity contribution in [3.63, 3.8) is 0 Å². The summed E-state index contributed by atoms with van der Waals surface area (Å²) >= 11 is 0. The second-order valence-corrected chi connectivity index (χ2v) is 11.6. The Morgan fingerprint density at radius 2 is 1.04 bits per heavy atom. The smallest absolute Gasteiger partial charge is 0.227 e. The highest BCUT2D eigenvalue weighted by atomic mass is 16.4. The van der Waals surface area contributed by atoms with Gasteiger partial charge >= 0.3 is 0 Å². The number of nitrogens with zero attached hydrogens (tertiary/aromatic N) is 2. The fourth-order valence-corrected chi connectivity index (χ4v) is 6.68. The first-order chi connectivity index (χ1) is 22.8. The summed E-state index contributed by atoms with van der Waals surface area (Å²) in [5, 5.41) is 2.33. The van der Waals surface area contributed by atoms with Crippen LogP contribution in [0.1, 0.15) is 0 Å². The Balaban J connectivity index is 1.21. The second-order valence-electron chi connectivity index (χ2n) is 11.6. The first-order valence-electron chi connectivity index (χ1n) is 15.6. The van der Waals surface area contributed by atoms with E-state index in [-0.39, 0.29) is 0 Å². The van der Waals surface area contributed by atoms with Crippen LogP contribution in [-0.4, -0.2) is 4.98 Å². The van der Waals surface area contributed by atoms with E-state index in [1.807, 2.05) is 30.3 Å². The Morgan fingerprint density at radius 1 is 0.435 bits per heavy atom. The first-order valence-corrected chi connectivity index (χ1v) is 15.6. The number of rotatable bonds is 6. The van der Waals surface area contributed by atoms with Gasteiger partial charge in [0.2, 0.25) is 5.89 Å². The molecule has 0 saturated carbocycles. The quantitative estimate of drug-likeness (QED) is 0.193. The normalized spacial score (nSPS) is 11.5. The van der Waals surface area contributed by atoms with E-state index in [0.717, 1.165) is 50.6 Å². The van der Waals surface area contributed by atoms with Crippen LogP contribution in [0.5, 0.6) is 0 Å². The highest BCUT2D eigenvalue weighted by Crippen LogP contribution is 2.52. The number of oxazole rings is 1. The minimum absolute atomic E-state index is 0.648. The van der Waals surface area contributed by atoms with E-state index in [2.05, 4.69) is 144 Å². The predicted molar refractivity (Wildman–Crippen MR) is 189 cm³/mol. The molecule has 3 heteroatoms. The summed E-state index contributed by atoms with van der Waals surface area (Å²) in [7, 11) is 0. The van der Waals surface area contributed by atoms with Crippen LogP contribution in [0.15, 0.2) is 174 Å². The summed E-state index contributed by atoms with van der Waals surface area (Å²) in [5.74, 6) is 1.48. The van der Waals surface area contributed by atoms with Gasteiger partial charge in [0.05, 0.1) is 5.69 Å². The molecule has 0 spiro atoms. The molecule has 1 heterocycles. The van der Waals surface area contributed by atoms with Crippen molar-refractivity contribution in [2.24, 2.45) is 0 Å². The minimum Gasteiger partial charge on any atom is -0.435 e.